The van der Waals surface area contributed by atoms with Crippen LogP contribution in [0.1, 0.15) is 19.3 Å². The molecule has 1 saturated carbocycles. The van der Waals surface area contributed by atoms with Crippen LogP contribution in [0.25, 0.3) is 0 Å². The van der Waals surface area contributed by atoms with Gasteiger partial charge in [0.1, 0.15) is 11.6 Å². The molecule has 1 aromatic heterocycles. The molecule has 2 rings (SSSR count). The van der Waals surface area contributed by atoms with Crippen LogP contribution in [0.4, 0.5) is 11.6 Å². The Hall–Kier alpha value is -1.36. The first-order valence-electron chi connectivity index (χ1n) is 4.71. The van der Waals surface area contributed by atoms with Crippen LogP contribution in [0, 0.1) is 0 Å². The Morgan fingerprint density at radius 2 is 2.29 bits per heavy atom. The van der Waals surface area contributed by atoms with Crippen molar-refractivity contribution in [3.63, 3.8) is 0 Å². The minimum Gasteiger partial charge on any atom is -0.394 e. The van der Waals surface area contributed by atoms with Crippen molar-refractivity contribution < 1.29 is 5.11 Å². The molecule has 4 N–H and O–H groups in total. The molecule has 14 heavy (non-hydrogen) atoms. The highest BCUT2D eigenvalue weighted by Gasteiger charge is 2.36. The largest absolute Gasteiger partial charge is 0.394 e. The SMILES string of the molecule is Nc1cncc(NC2(CO)CCC2)n1. The van der Waals surface area contributed by atoms with Crippen LogP contribution in [-0.2, 0) is 0 Å². The predicted molar refractivity (Wildman–Crippen MR) is 53.7 cm³/mol. The van der Waals surface area contributed by atoms with Gasteiger partial charge >= 0.3 is 0 Å². The van der Waals surface area contributed by atoms with Crippen LogP contribution in [0.3, 0.4) is 0 Å². The zero-order chi connectivity index (χ0) is 10.0. The van der Waals surface area contributed by atoms with Gasteiger partial charge in [-0.3, -0.25) is 4.98 Å². The third kappa shape index (κ3) is 1.63. The van der Waals surface area contributed by atoms with Gasteiger partial charge in [0.15, 0.2) is 0 Å². The fourth-order valence-corrected chi connectivity index (χ4v) is 1.64. The lowest BCUT2D eigenvalue weighted by molar-refractivity contribution is 0.144. The molecule has 0 atom stereocenters. The van der Waals surface area contributed by atoms with E-state index in [1.54, 1.807) is 6.20 Å². The number of hydrogen-bond acceptors (Lipinski definition) is 5. The van der Waals surface area contributed by atoms with E-state index in [2.05, 4.69) is 15.3 Å². The summed E-state index contributed by atoms with van der Waals surface area (Å²) in [5, 5.41) is 12.4. The zero-order valence-electron chi connectivity index (χ0n) is 7.90. The van der Waals surface area contributed by atoms with Crippen LogP contribution in [0.2, 0.25) is 0 Å². The summed E-state index contributed by atoms with van der Waals surface area (Å²) in [6.07, 6.45) is 6.20. The molecule has 1 aliphatic carbocycles. The third-order valence-electron chi connectivity index (χ3n) is 2.66. The zero-order valence-corrected chi connectivity index (χ0v) is 7.90. The molecular weight excluding hydrogens is 180 g/mol. The van der Waals surface area contributed by atoms with E-state index in [4.69, 9.17) is 5.73 Å². The Kier molecular flexibility index (Phi) is 2.25. The minimum atomic E-state index is -0.192. The highest BCUT2D eigenvalue weighted by atomic mass is 16.3. The Labute approximate surface area is 82.4 Å². The van der Waals surface area contributed by atoms with Gasteiger partial charge < -0.3 is 16.2 Å². The van der Waals surface area contributed by atoms with Gasteiger partial charge in [-0.2, -0.15) is 0 Å². The van der Waals surface area contributed by atoms with E-state index in [1.807, 2.05) is 0 Å². The lowest BCUT2D eigenvalue weighted by Gasteiger charge is -2.41. The quantitative estimate of drug-likeness (QED) is 0.648. The summed E-state index contributed by atoms with van der Waals surface area (Å²) < 4.78 is 0. The number of nitrogens with two attached hydrogens (primary N) is 1. The molecule has 0 aliphatic heterocycles. The summed E-state index contributed by atoms with van der Waals surface area (Å²) in [6.45, 7) is 0.128. The summed E-state index contributed by atoms with van der Waals surface area (Å²) in [6, 6.07) is 0. The first-order valence-corrected chi connectivity index (χ1v) is 4.71. The highest BCUT2D eigenvalue weighted by Crippen LogP contribution is 2.34. The molecule has 0 spiro atoms. The molecule has 0 bridgehead atoms. The number of aromatic nitrogens is 2. The maximum absolute atomic E-state index is 9.23. The number of rotatable bonds is 3. The van der Waals surface area contributed by atoms with E-state index in [-0.39, 0.29) is 12.1 Å². The summed E-state index contributed by atoms with van der Waals surface area (Å²) in [5.74, 6) is 1.03. The lowest BCUT2D eigenvalue weighted by atomic mass is 9.77. The second-order valence-corrected chi connectivity index (χ2v) is 3.75. The van der Waals surface area contributed by atoms with Crippen LogP contribution in [-0.4, -0.2) is 27.2 Å². The molecular formula is C9H14N4O. The van der Waals surface area contributed by atoms with Crippen molar-refractivity contribution in [2.24, 2.45) is 0 Å². The highest BCUT2D eigenvalue weighted by molar-refractivity contribution is 5.41. The van der Waals surface area contributed by atoms with Gasteiger partial charge in [-0.1, -0.05) is 0 Å². The number of aliphatic hydroxyl groups excluding tert-OH is 1. The van der Waals surface area contributed by atoms with E-state index < -0.39 is 0 Å². The second-order valence-electron chi connectivity index (χ2n) is 3.75. The van der Waals surface area contributed by atoms with Crippen molar-refractivity contribution in [3.05, 3.63) is 12.4 Å². The van der Waals surface area contributed by atoms with Crippen molar-refractivity contribution in [1.82, 2.24) is 9.97 Å². The number of nitrogens with one attached hydrogen (secondary N) is 1. The number of nitrogens with zero attached hydrogens (tertiary/aromatic N) is 2. The number of nitrogen functional groups attached to an aromatic ring is 1. The number of aliphatic hydroxyl groups is 1. The molecule has 1 heterocycles. The molecule has 1 fully saturated rings. The standard InChI is InChI=1S/C9H14N4O/c10-7-4-11-5-8(12-7)13-9(6-14)2-1-3-9/h4-5,14H,1-3,6H2,(H3,10,12,13). The molecule has 0 saturated heterocycles. The third-order valence-corrected chi connectivity index (χ3v) is 2.66. The van der Waals surface area contributed by atoms with Gasteiger partial charge in [0, 0.05) is 0 Å². The fourth-order valence-electron chi connectivity index (χ4n) is 1.64. The maximum Gasteiger partial charge on any atom is 0.147 e. The van der Waals surface area contributed by atoms with Crippen molar-refractivity contribution >= 4 is 11.6 Å². The molecule has 0 aromatic carbocycles. The molecule has 76 valence electrons. The molecule has 0 amide bonds. The van der Waals surface area contributed by atoms with Crippen molar-refractivity contribution in [2.45, 2.75) is 24.8 Å². The fraction of sp³-hybridized carbons (Fsp3) is 0.556. The molecule has 5 heteroatoms. The van der Waals surface area contributed by atoms with Gasteiger partial charge in [-0.15, -0.1) is 0 Å². The van der Waals surface area contributed by atoms with Crippen LogP contribution < -0.4 is 11.1 Å². The van der Waals surface area contributed by atoms with E-state index in [1.165, 1.54) is 6.20 Å². The number of hydrogen-bond donors (Lipinski definition) is 3. The topological polar surface area (TPSA) is 84.1 Å². The lowest BCUT2D eigenvalue weighted by Crippen LogP contribution is -2.48. The molecule has 1 aliphatic rings. The Balaban J connectivity index is 2.09. The van der Waals surface area contributed by atoms with Gasteiger partial charge in [0.05, 0.1) is 24.5 Å². The maximum atomic E-state index is 9.23. The van der Waals surface area contributed by atoms with Gasteiger partial charge in [0.25, 0.3) is 0 Å². The van der Waals surface area contributed by atoms with Crippen molar-refractivity contribution in [2.75, 3.05) is 17.7 Å². The van der Waals surface area contributed by atoms with Gasteiger partial charge in [0.2, 0.25) is 0 Å². The predicted octanol–water partition coefficient (Wildman–Crippen LogP) is 0.386. The average Bonchev–Trinajstić information content (AvgIpc) is 2.11. The van der Waals surface area contributed by atoms with Crippen LogP contribution in [0.15, 0.2) is 12.4 Å². The summed E-state index contributed by atoms with van der Waals surface area (Å²) in [7, 11) is 0. The van der Waals surface area contributed by atoms with Crippen molar-refractivity contribution in [1.29, 1.82) is 0 Å². The van der Waals surface area contributed by atoms with Gasteiger partial charge in [-0.05, 0) is 19.3 Å². The monoisotopic (exact) mass is 194 g/mol. The Bertz CT molecular complexity index is 319. The summed E-state index contributed by atoms with van der Waals surface area (Å²) in [4.78, 5) is 8.01. The molecule has 1 aromatic rings. The first-order chi connectivity index (χ1) is 6.74. The van der Waals surface area contributed by atoms with E-state index in [0.29, 0.717) is 11.6 Å². The Morgan fingerprint density at radius 1 is 1.50 bits per heavy atom. The van der Waals surface area contributed by atoms with E-state index in [9.17, 15) is 5.11 Å². The second kappa shape index (κ2) is 3.42. The summed E-state index contributed by atoms with van der Waals surface area (Å²) >= 11 is 0. The average molecular weight is 194 g/mol. The van der Waals surface area contributed by atoms with Crippen molar-refractivity contribution in [3.8, 4) is 0 Å². The molecule has 5 nitrogen and oxygen atoms in total. The van der Waals surface area contributed by atoms with Gasteiger partial charge in [-0.25, -0.2) is 4.98 Å². The summed E-state index contributed by atoms with van der Waals surface area (Å²) in [5.41, 5.74) is 5.31. The van der Waals surface area contributed by atoms with E-state index in [0.717, 1.165) is 19.3 Å². The smallest absolute Gasteiger partial charge is 0.147 e. The Morgan fingerprint density at radius 3 is 2.79 bits per heavy atom. The molecule has 0 unspecified atom stereocenters. The van der Waals surface area contributed by atoms with Crippen LogP contribution in [0.5, 0.6) is 0 Å². The van der Waals surface area contributed by atoms with E-state index >= 15 is 0 Å². The molecule has 0 radical (unpaired) electrons. The number of anilines is 2. The minimum absolute atomic E-state index is 0.128. The van der Waals surface area contributed by atoms with Crippen LogP contribution >= 0.6 is 0 Å². The normalized spacial score (nSPS) is 18.6. The first kappa shape index (κ1) is 9.21.